The van der Waals surface area contributed by atoms with Crippen LogP contribution in [0.2, 0.25) is 0 Å². The van der Waals surface area contributed by atoms with Crippen molar-refractivity contribution in [3.8, 4) is 5.69 Å². The second-order valence-electron chi connectivity index (χ2n) is 6.83. The smallest absolute Gasteiger partial charge is 0.337 e. The van der Waals surface area contributed by atoms with Crippen LogP contribution in [0.15, 0.2) is 36.8 Å². The minimum atomic E-state index is -0.973. The zero-order chi connectivity index (χ0) is 18.0. The van der Waals surface area contributed by atoms with Crippen molar-refractivity contribution in [2.75, 3.05) is 13.1 Å². The SMILES string of the molecule is CC1(C(N)=O)CCCN(Cc2cn(-c3ccccc3C(=O)O)cn2)C1. The van der Waals surface area contributed by atoms with E-state index < -0.39 is 11.4 Å². The molecule has 3 rings (SSSR count). The molecule has 0 aliphatic carbocycles. The summed E-state index contributed by atoms with van der Waals surface area (Å²) < 4.78 is 1.72. The van der Waals surface area contributed by atoms with Gasteiger partial charge in [0.2, 0.25) is 5.91 Å². The normalized spacial score (nSPS) is 21.2. The predicted molar refractivity (Wildman–Crippen MR) is 92.3 cm³/mol. The molecule has 132 valence electrons. The molecule has 1 amide bonds. The molecule has 1 aromatic heterocycles. The molecule has 2 heterocycles. The fourth-order valence-corrected chi connectivity index (χ4v) is 3.37. The number of piperidine rings is 1. The van der Waals surface area contributed by atoms with Gasteiger partial charge in [0.1, 0.15) is 0 Å². The third-order valence-electron chi connectivity index (χ3n) is 4.80. The van der Waals surface area contributed by atoms with Crippen molar-refractivity contribution in [2.24, 2.45) is 11.1 Å². The predicted octanol–water partition coefficient (Wildman–Crippen LogP) is 1.66. The van der Waals surface area contributed by atoms with Gasteiger partial charge in [-0.3, -0.25) is 9.69 Å². The molecular weight excluding hydrogens is 320 g/mol. The number of imidazole rings is 1. The van der Waals surface area contributed by atoms with Crippen LogP contribution in [0.3, 0.4) is 0 Å². The fraction of sp³-hybridized carbons (Fsp3) is 0.389. The van der Waals surface area contributed by atoms with E-state index >= 15 is 0 Å². The lowest BCUT2D eigenvalue weighted by Gasteiger charge is -2.37. The van der Waals surface area contributed by atoms with E-state index in [0.29, 0.717) is 18.8 Å². The molecule has 1 aliphatic rings. The van der Waals surface area contributed by atoms with E-state index in [-0.39, 0.29) is 11.5 Å². The lowest BCUT2D eigenvalue weighted by Crippen LogP contribution is -2.48. The van der Waals surface area contributed by atoms with E-state index in [1.165, 1.54) is 0 Å². The number of nitrogens with two attached hydrogens (primary N) is 1. The first-order valence-electron chi connectivity index (χ1n) is 8.27. The van der Waals surface area contributed by atoms with Crippen molar-refractivity contribution in [3.63, 3.8) is 0 Å². The van der Waals surface area contributed by atoms with Gasteiger partial charge in [0.15, 0.2) is 0 Å². The summed E-state index contributed by atoms with van der Waals surface area (Å²) in [6.07, 6.45) is 5.17. The largest absolute Gasteiger partial charge is 0.478 e. The Morgan fingerprint density at radius 1 is 1.36 bits per heavy atom. The van der Waals surface area contributed by atoms with Crippen molar-refractivity contribution in [1.29, 1.82) is 0 Å². The number of carboxylic acid groups (broad SMARTS) is 1. The quantitative estimate of drug-likeness (QED) is 0.860. The number of carbonyl (C=O) groups excluding carboxylic acids is 1. The van der Waals surface area contributed by atoms with E-state index in [9.17, 15) is 14.7 Å². The van der Waals surface area contributed by atoms with Gasteiger partial charge in [-0.1, -0.05) is 12.1 Å². The van der Waals surface area contributed by atoms with E-state index in [4.69, 9.17) is 5.73 Å². The van der Waals surface area contributed by atoms with Crippen LogP contribution in [-0.4, -0.2) is 44.5 Å². The molecule has 1 aliphatic heterocycles. The van der Waals surface area contributed by atoms with Crippen LogP contribution in [0.25, 0.3) is 5.69 Å². The van der Waals surface area contributed by atoms with Crippen LogP contribution in [-0.2, 0) is 11.3 Å². The second kappa shape index (κ2) is 6.68. The van der Waals surface area contributed by atoms with Gasteiger partial charge in [-0.25, -0.2) is 9.78 Å². The Labute approximate surface area is 146 Å². The molecule has 0 bridgehead atoms. The summed E-state index contributed by atoms with van der Waals surface area (Å²) in [7, 11) is 0. The molecule has 7 nitrogen and oxygen atoms in total. The maximum absolute atomic E-state index is 11.7. The topological polar surface area (TPSA) is 101 Å². The second-order valence-corrected chi connectivity index (χ2v) is 6.83. The summed E-state index contributed by atoms with van der Waals surface area (Å²) in [5.41, 5.74) is 6.67. The standard InChI is InChI=1S/C18H22N4O3/c1-18(17(19)25)7-4-8-21(11-18)9-13-10-22(12-20-13)15-6-3-2-5-14(15)16(23)24/h2-3,5-6,10,12H,4,7-9,11H2,1H3,(H2,19,25)(H,23,24). The fourth-order valence-electron chi connectivity index (χ4n) is 3.37. The van der Waals surface area contributed by atoms with Gasteiger partial charge >= 0.3 is 5.97 Å². The van der Waals surface area contributed by atoms with Gasteiger partial charge in [-0.15, -0.1) is 0 Å². The highest BCUT2D eigenvalue weighted by Gasteiger charge is 2.36. The van der Waals surface area contributed by atoms with Crippen LogP contribution in [0.5, 0.6) is 0 Å². The van der Waals surface area contributed by atoms with Crippen LogP contribution < -0.4 is 5.73 Å². The summed E-state index contributed by atoms with van der Waals surface area (Å²) in [4.78, 5) is 29.6. The number of aromatic carboxylic acids is 1. The summed E-state index contributed by atoms with van der Waals surface area (Å²) in [6.45, 7) is 4.01. The van der Waals surface area contributed by atoms with Gasteiger partial charge < -0.3 is 15.4 Å². The number of likely N-dealkylation sites (tertiary alicyclic amines) is 1. The summed E-state index contributed by atoms with van der Waals surface area (Å²) >= 11 is 0. The lowest BCUT2D eigenvalue weighted by atomic mass is 9.81. The Bertz CT molecular complexity index is 801. The monoisotopic (exact) mass is 342 g/mol. The Morgan fingerprint density at radius 3 is 2.84 bits per heavy atom. The maximum Gasteiger partial charge on any atom is 0.337 e. The van der Waals surface area contributed by atoms with Crippen molar-refractivity contribution < 1.29 is 14.7 Å². The summed E-state index contributed by atoms with van der Waals surface area (Å²) in [5.74, 6) is -1.24. The molecule has 3 N–H and O–H groups in total. The molecule has 1 fully saturated rings. The van der Waals surface area contributed by atoms with Crippen LogP contribution in [0.4, 0.5) is 0 Å². The lowest BCUT2D eigenvalue weighted by molar-refractivity contribution is -0.129. The number of hydrogen-bond donors (Lipinski definition) is 2. The third kappa shape index (κ3) is 3.56. The molecule has 0 radical (unpaired) electrons. The Kier molecular flexibility index (Phi) is 4.59. The number of carboxylic acids is 1. The molecule has 25 heavy (non-hydrogen) atoms. The molecule has 1 saturated heterocycles. The van der Waals surface area contributed by atoms with Gasteiger partial charge in [0.25, 0.3) is 0 Å². The molecule has 7 heteroatoms. The Balaban J connectivity index is 1.77. The summed E-state index contributed by atoms with van der Waals surface area (Å²) in [5, 5.41) is 9.32. The van der Waals surface area contributed by atoms with Gasteiger partial charge in [-0.2, -0.15) is 0 Å². The number of nitrogens with zero attached hydrogens (tertiary/aromatic N) is 3. The number of amides is 1. The Hall–Kier alpha value is -2.67. The average Bonchev–Trinajstić information content (AvgIpc) is 3.03. The number of aromatic nitrogens is 2. The van der Waals surface area contributed by atoms with Crippen molar-refractivity contribution in [3.05, 3.63) is 48.0 Å². The molecule has 1 atom stereocenters. The zero-order valence-corrected chi connectivity index (χ0v) is 14.2. The van der Waals surface area contributed by atoms with E-state index in [1.807, 2.05) is 13.1 Å². The highest BCUT2D eigenvalue weighted by atomic mass is 16.4. The van der Waals surface area contributed by atoms with Crippen molar-refractivity contribution in [2.45, 2.75) is 26.3 Å². The number of para-hydroxylation sites is 1. The maximum atomic E-state index is 11.7. The van der Waals surface area contributed by atoms with Crippen molar-refractivity contribution in [1.82, 2.24) is 14.5 Å². The number of hydrogen-bond acceptors (Lipinski definition) is 4. The van der Waals surface area contributed by atoms with E-state index in [2.05, 4.69) is 9.88 Å². The minimum Gasteiger partial charge on any atom is -0.478 e. The van der Waals surface area contributed by atoms with E-state index in [1.54, 1.807) is 35.2 Å². The van der Waals surface area contributed by atoms with Gasteiger partial charge in [0.05, 0.1) is 28.7 Å². The van der Waals surface area contributed by atoms with Gasteiger partial charge in [0, 0.05) is 19.3 Å². The first-order valence-corrected chi connectivity index (χ1v) is 8.27. The van der Waals surface area contributed by atoms with Crippen LogP contribution in [0, 0.1) is 5.41 Å². The van der Waals surface area contributed by atoms with Crippen molar-refractivity contribution >= 4 is 11.9 Å². The summed E-state index contributed by atoms with van der Waals surface area (Å²) in [6, 6.07) is 6.81. The molecule has 2 aromatic rings. The molecule has 0 saturated carbocycles. The number of primary amides is 1. The highest BCUT2D eigenvalue weighted by molar-refractivity contribution is 5.91. The number of rotatable bonds is 5. The average molecular weight is 342 g/mol. The van der Waals surface area contributed by atoms with E-state index in [0.717, 1.165) is 25.1 Å². The highest BCUT2D eigenvalue weighted by Crippen LogP contribution is 2.29. The first kappa shape index (κ1) is 17.2. The molecule has 1 unspecified atom stereocenters. The zero-order valence-electron chi connectivity index (χ0n) is 14.2. The number of carbonyl (C=O) groups is 2. The van der Waals surface area contributed by atoms with Gasteiger partial charge in [-0.05, 0) is 38.4 Å². The first-order chi connectivity index (χ1) is 11.9. The van der Waals surface area contributed by atoms with Crippen LogP contribution in [0.1, 0.15) is 35.8 Å². The van der Waals surface area contributed by atoms with Crippen LogP contribution >= 0.6 is 0 Å². The minimum absolute atomic E-state index is 0.228. The molecule has 1 aromatic carbocycles. The third-order valence-corrected chi connectivity index (χ3v) is 4.80. The number of benzene rings is 1. The Morgan fingerprint density at radius 2 is 2.12 bits per heavy atom. The molecular formula is C18H22N4O3. The molecule has 0 spiro atoms.